The summed E-state index contributed by atoms with van der Waals surface area (Å²) in [5.74, 6) is -0.375. The molecule has 1 aliphatic rings. The van der Waals surface area contributed by atoms with Crippen LogP contribution in [-0.4, -0.2) is 50.1 Å². The number of rotatable bonds is 7. The average molecular weight is 441 g/mol. The molecule has 1 aromatic heterocycles. The summed E-state index contributed by atoms with van der Waals surface area (Å²) in [5, 5.41) is 19.1. The molecule has 0 saturated carbocycles. The first-order valence-electron chi connectivity index (χ1n) is 9.94. The molecule has 4 rings (SSSR count). The molecule has 1 amide bonds. The van der Waals surface area contributed by atoms with Crippen LogP contribution in [0.1, 0.15) is 34.8 Å². The third-order valence-electron chi connectivity index (χ3n) is 5.37. The van der Waals surface area contributed by atoms with E-state index in [-0.39, 0.29) is 28.9 Å². The molecule has 160 valence electrons. The lowest BCUT2D eigenvalue weighted by molar-refractivity contribution is -0.384. The summed E-state index contributed by atoms with van der Waals surface area (Å²) in [6.07, 6.45) is 4.88. The zero-order valence-electron chi connectivity index (χ0n) is 16.6. The molecule has 3 aromatic rings. The highest BCUT2D eigenvalue weighted by Crippen LogP contribution is 2.27. The van der Waals surface area contributed by atoms with Crippen LogP contribution in [0.3, 0.4) is 0 Å². The first kappa shape index (κ1) is 21.0. The van der Waals surface area contributed by atoms with Crippen LogP contribution in [0.15, 0.2) is 55.1 Å². The quantitative estimate of drug-likeness (QED) is 0.445. The van der Waals surface area contributed by atoms with Gasteiger partial charge >= 0.3 is 0 Å². The number of carbonyl (C=O) groups is 1. The molecule has 1 N–H and O–H groups in total. The predicted molar refractivity (Wildman–Crippen MR) is 115 cm³/mol. The van der Waals surface area contributed by atoms with Crippen molar-refractivity contribution in [1.29, 1.82) is 0 Å². The summed E-state index contributed by atoms with van der Waals surface area (Å²) < 4.78 is 1.29. The molecule has 1 fully saturated rings. The van der Waals surface area contributed by atoms with E-state index >= 15 is 0 Å². The minimum absolute atomic E-state index is 0.0189. The van der Waals surface area contributed by atoms with Crippen LogP contribution >= 0.6 is 11.6 Å². The number of amides is 1. The van der Waals surface area contributed by atoms with Crippen LogP contribution < -0.4 is 5.32 Å². The van der Waals surface area contributed by atoms with Gasteiger partial charge in [0.2, 0.25) is 0 Å². The second-order valence-electron chi connectivity index (χ2n) is 7.32. The van der Waals surface area contributed by atoms with Crippen molar-refractivity contribution in [3.63, 3.8) is 0 Å². The zero-order valence-corrected chi connectivity index (χ0v) is 17.4. The third kappa shape index (κ3) is 4.73. The summed E-state index contributed by atoms with van der Waals surface area (Å²) in [7, 11) is 0. The maximum atomic E-state index is 12.8. The molecule has 0 spiro atoms. The van der Waals surface area contributed by atoms with Crippen LogP contribution in [0.4, 0.5) is 5.69 Å². The van der Waals surface area contributed by atoms with Gasteiger partial charge in [-0.2, -0.15) is 5.10 Å². The van der Waals surface area contributed by atoms with Gasteiger partial charge in [0, 0.05) is 23.2 Å². The summed E-state index contributed by atoms with van der Waals surface area (Å²) in [6.45, 7) is 2.27. The molecule has 2 heterocycles. The van der Waals surface area contributed by atoms with E-state index in [4.69, 9.17) is 11.6 Å². The summed E-state index contributed by atoms with van der Waals surface area (Å²) >= 11 is 6.18. The minimum Gasteiger partial charge on any atom is -0.350 e. The van der Waals surface area contributed by atoms with E-state index < -0.39 is 4.92 Å². The van der Waals surface area contributed by atoms with Crippen molar-refractivity contribution in [2.75, 3.05) is 19.6 Å². The Kier molecular flexibility index (Phi) is 6.24. The molecule has 0 aliphatic carbocycles. The number of halogens is 1. The number of likely N-dealkylation sites (tertiary alicyclic amines) is 1. The molecule has 10 heteroatoms. The summed E-state index contributed by atoms with van der Waals surface area (Å²) in [4.78, 5) is 30.0. The van der Waals surface area contributed by atoms with Crippen molar-refractivity contribution >= 4 is 23.2 Å². The number of hydrogen-bond acceptors (Lipinski definition) is 6. The van der Waals surface area contributed by atoms with Crippen molar-refractivity contribution in [1.82, 2.24) is 25.0 Å². The van der Waals surface area contributed by atoms with Gasteiger partial charge < -0.3 is 5.32 Å². The first-order chi connectivity index (χ1) is 15.0. The van der Waals surface area contributed by atoms with Crippen LogP contribution in [-0.2, 0) is 0 Å². The molecule has 0 radical (unpaired) electrons. The fourth-order valence-corrected chi connectivity index (χ4v) is 4.05. The normalized spacial score (nSPS) is 15.0. The van der Waals surface area contributed by atoms with E-state index in [1.807, 2.05) is 24.3 Å². The average Bonchev–Trinajstić information content (AvgIpc) is 3.48. The highest BCUT2D eigenvalue weighted by molar-refractivity contribution is 6.30. The number of nitro groups is 1. The van der Waals surface area contributed by atoms with Gasteiger partial charge in [-0.15, -0.1) is 0 Å². The SMILES string of the molecule is O=C(NC[C@H](c1cccc(Cl)c1)N1CCCC1)c1ccc(-n2cncn2)c([N+](=O)[O-])c1. The highest BCUT2D eigenvalue weighted by Gasteiger charge is 2.25. The fraction of sp³-hybridized carbons (Fsp3) is 0.286. The van der Waals surface area contributed by atoms with E-state index in [1.54, 1.807) is 6.07 Å². The van der Waals surface area contributed by atoms with Gasteiger partial charge in [0.05, 0.1) is 11.0 Å². The lowest BCUT2D eigenvalue weighted by atomic mass is 10.1. The number of aromatic nitrogens is 3. The van der Waals surface area contributed by atoms with E-state index in [0.29, 0.717) is 11.6 Å². The monoisotopic (exact) mass is 440 g/mol. The third-order valence-corrected chi connectivity index (χ3v) is 5.61. The fourth-order valence-electron chi connectivity index (χ4n) is 3.85. The molecule has 9 nitrogen and oxygen atoms in total. The van der Waals surface area contributed by atoms with E-state index in [0.717, 1.165) is 31.5 Å². The number of nitrogens with zero attached hydrogens (tertiary/aromatic N) is 5. The molecular weight excluding hydrogens is 420 g/mol. The maximum Gasteiger partial charge on any atom is 0.295 e. The number of carbonyl (C=O) groups excluding carboxylic acids is 1. The lowest BCUT2D eigenvalue weighted by Crippen LogP contribution is -2.36. The second kappa shape index (κ2) is 9.23. The largest absolute Gasteiger partial charge is 0.350 e. The standard InChI is InChI=1S/C21H21ClN6O3/c22-17-5-3-4-15(10-17)20(26-8-1-2-9-26)12-24-21(29)16-6-7-18(19(11-16)28(30)31)27-14-23-13-25-27/h3-7,10-11,13-14,20H,1-2,8-9,12H2,(H,24,29)/t20-/m1/s1. The van der Waals surface area contributed by atoms with Crippen molar-refractivity contribution in [3.05, 3.63) is 81.4 Å². The molecule has 0 unspecified atom stereocenters. The predicted octanol–water partition coefficient (Wildman–Crippen LogP) is 3.40. The number of benzene rings is 2. The van der Waals surface area contributed by atoms with Gasteiger partial charge in [0.15, 0.2) is 0 Å². The van der Waals surface area contributed by atoms with Gasteiger partial charge in [-0.05, 0) is 55.8 Å². The van der Waals surface area contributed by atoms with Gasteiger partial charge in [-0.25, -0.2) is 9.67 Å². The summed E-state index contributed by atoms with van der Waals surface area (Å²) in [6, 6.07) is 11.9. The Labute approximate surface area is 183 Å². The summed E-state index contributed by atoms with van der Waals surface area (Å²) in [5.41, 5.74) is 1.26. The maximum absolute atomic E-state index is 12.8. The molecule has 1 atom stereocenters. The molecular formula is C21H21ClN6O3. The first-order valence-corrected chi connectivity index (χ1v) is 10.3. The van der Waals surface area contributed by atoms with Gasteiger partial charge in [0.25, 0.3) is 11.6 Å². The number of nitro benzene ring substituents is 1. The van der Waals surface area contributed by atoms with Gasteiger partial charge in [0.1, 0.15) is 18.3 Å². The zero-order chi connectivity index (χ0) is 21.8. The molecule has 2 aromatic carbocycles. The Morgan fingerprint density at radius 1 is 1.23 bits per heavy atom. The van der Waals surface area contributed by atoms with Crippen LogP contribution in [0.25, 0.3) is 5.69 Å². The smallest absolute Gasteiger partial charge is 0.295 e. The second-order valence-corrected chi connectivity index (χ2v) is 7.76. The number of nitrogens with one attached hydrogen (secondary N) is 1. The molecule has 1 aliphatic heterocycles. The van der Waals surface area contributed by atoms with E-state index in [2.05, 4.69) is 20.3 Å². The molecule has 31 heavy (non-hydrogen) atoms. The molecule has 0 bridgehead atoms. The Hall–Kier alpha value is -3.30. The Bertz CT molecular complexity index is 1080. The van der Waals surface area contributed by atoms with E-state index in [1.165, 1.54) is 29.5 Å². The lowest BCUT2D eigenvalue weighted by Gasteiger charge is -2.28. The van der Waals surface area contributed by atoms with Gasteiger partial charge in [-0.1, -0.05) is 23.7 Å². The van der Waals surface area contributed by atoms with Crippen molar-refractivity contribution in [3.8, 4) is 5.69 Å². The Balaban J connectivity index is 1.54. The van der Waals surface area contributed by atoms with Crippen LogP contribution in [0.5, 0.6) is 0 Å². The van der Waals surface area contributed by atoms with Crippen molar-refractivity contribution in [2.24, 2.45) is 0 Å². The van der Waals surface area contributed by atoms with Crippen molar-refractivity contribution in [2.45, 2.75) is 18.9 Å². The Morgan fingerprint density at radius 2 is 2.03 bits per heavy atom. The number of hydrogen-bond donors (Lipinski definition) is 1. The highest BCUT2D eigenvalue weighted by atomic mass is 35.5. The topological polar surface area (TPSA) is 106 Å². The Morgan fingerprint density at radius 3 is 2.71 bits per heavy atom. The van der Waals surface area contributed by atoms with Crippen LogP contribution in [0, 0.1) is 10.1 Å². The molecule has 1 saturated heterocycles. The van der Waals surface area contributed by atoms with E-state index in [9.17, 15) is 14.9 Å². The van der Waals surface area contributed by atoms with Crippen molar-refractivity contribution < 1.29 is 9.72 Å². The van der Waals surface area contributed by atoms with Gasteiger partial charge in [-0.3, -0.25) is 19.8 Å². The van der Waals surface area contributed by atoms with Crippen LogP contribution in [0.2, 0.25) is 5.02 Å². The minimum atomic E-state index is -0.535.